The second-order valence-corrected chi connectivity index (χ2v) is 16.4. The average Bonchev–Trinajstić information content (AvgIpc) is 3.20. The summed E-state index contributed by atoms with van der Waals surface area (Å²) in [6, 6.07) is 36.1. The highest BCUT2D eigenvalue weighted by molar-refractivity contribution is 5.40. The third-order valence-electron chi connectivity index (χ3n) is 12.1. The van der Waals surface area contributed by atoms with Gasteiger partial charge in [-0.25, -0.2) is 0 Å². The van der Waals surface area contributed by atoms with Crippen molar-refractivity contribution >= 4 is 0 Å². The van der Waals surface area contributed by atoms with Crippen LogP contribution in [0.5, 0.6) is 11.5 Å². The molecule has 0 saturated heterocycles. The maximum absolute atomic E-state index is 7.42. The Hall–Kier alpha value is -3.56. The third-order valence-corrected chi connectivity index (χ3v) is 12.1. The lowest BCUT2D eigenvalue weighted by Crippen LogP contribution is -2.15. The van der Waals surface area contributed by atoms with Gasteiger partial charge in [0, 0.05) is 0 Å². The Balaban J connectivity index is 1.30. The van der Waals surface area contributed by atoms with Crippen LogP contribution in [0.3, 0.4) is 0 Å². The minimum absolute atomic E-state index is 0.251. The molecule has 0 bridgehead atoms. The van der Waals surface area contributed by atoms with E-state index < -0.39 is 0 Å². The third kappa shape index (κ3) is 11.2. The van der Waals surface area contributed by atoms with Gasteiger partial charge < -0.3 is 14.2 Å². The molecule has 2 unspecified atom stereocenters. The number of benzene rings is 4. The monoisotopic (exact) mass is 715 g/mol. The van der Waals surface area contributed by atoms with Crippen molar-refractivity contribution in [3.8, 4) is 11.5 Å². The van der Waals surface area contributed by atoms with Gasteiger partial charge in [0.2, 0.25) is 0 Å². The molecular weight excluding hydrogens is 649 g/mol. The first-order chi connectivity index (χ1) is 26.0. The Morgan fingerprint density at radius 1 is 0.434 bits per heavy atom. The summed E-state index contributed by atoms with van der Waals surface area (Å²) in [4.78, 5) is 0. The molecule has 2 saturated carbocycles. The Morgan fingerprint density at radius 3 is 1.08 bits per heavy atom. The summed E-state index contributed by atoms with van der Waals surface area (Å²) in [6.45, 7) is 10.8. The number of unbranched alkanes of at least 4 members (excludes halogenated alkanes) is 4. The van der Waals surface area contributed by atoms with Crippen LogP contribution in [0.25, 0.3) is 0 Å². The maximum atomic E-state index is 7.42. The molecule has 53 heavy (non-hydrogen) atoms. The van der Waals surface area contributed by atoms with E-state index in [9.17, 15) is 0 Å². The Bertz CT molecular complexity index is 1470. The predicted octanol–water partition coefficient (Wildman–Crippen LogP) is 14.3. The first-order valence-electron chi connectivity index (χ1n) is 21.3. The maximum Gasteiger partial charge on any atom is 0.119 e. The van der Waals surface area contributed by atoms with Gasteiger partial charge in [-0.15, -0.1) is 0 Å². The zero-order valence-corrected chi connectivity index (χ0v) is 33.2. The zero-order valence-electron chi connectivity index (χ0n) is 33.2. The number of rotatable bonds is 18. The van der Waals surface area contributed by atoms with Crippen LogP contribution in [0.1, 0.15) is 175 Å². The fraction of sp³-hybridized carbons (Fsp3) is 0.520. The van der Waals surface area contributed by atoms with Crippen LogP contribution in [0.2, 0.25) is 0 Å². The van der Waals surface area contributed by atoms with E-state index in [0.29, 0.717) is 11.8 Å². The van der Waals surface area contributed by atoms with Gasteiger partial charge in [0.25, 0.3) is 0 Å². The zero-order chi connectivity index (χ0) is 36.8. The fourth-order valence-corrected chi connectivity index (χ4v) is 8.47. The predicted molar refractivity (Wildman–Crippen MR) is 221 cm³/mol. The first kappa shape index (κ1) is 39.1. The molecule has 3 heteroatoms. The van der Waals surface area contributed by atoms with Gasteiger partial charge in [-0.1, -0.05) is 152 Å². The summed E-state index contributed by atoms with van der Waals surface area (Å²) in [6.07, 6.45) is 16.9. The van der Waals surface area contributed by atoms with E-state index in [0.717, 1.165) is 60.5 Å². The Morgan fingerprint density at radius 2 is 0.755 bits per heavy atom. The van der Waals surface area contributed by atoms with Crippen molar-refractivity contribution in [1.29, 1.82) is 0 Å². The van der Waals surface area contributed by atoms with E-state index in [1.165, 1.54) is 99.3 Å². The average molecular weight is 715 g/mol. The molecular formula is C50H66O3. The Labute approximate surface area is 321 Å². The summed E-state index contributed by atoms with van der Waals surface area (Å²) in [5.41, 5.74) is 7.58. The highest BCUT2D eigenvalue weighted by atomic mass is 16.5. The lowest BCUT2D eigenvalue weighted by atomic mass is 9.79. The smallest absolute Gasteiger partial charge is 0.119 e. The van der Waals surface area contributed by atoms with Crippen molar-refractivity contribution in [2.75, 3.05) is 13.2 Å². The molecule has 0 heterocycles. The van der Waals surface area contributed by atoms with Crippen LogP contribution < -0.4 is 9.47 Å². The quantitative estimate of drug-likeness (QED) is 0.0961. The first-order valence-corrected chi connectivity index (χ1v) is 21.3. The van der Waals surface area contributed by atoms with E-state index in [1.807, 2.05) is 0 Å². The molecule has 3 nitrogen and oxygen atoms in total. The van der Waals surface area contributed by atoms with E-state index in [1.54, 1.807) is 0 Å². The van der Waals surface area contributed by atoms with E-state index in [2.05, 4.69) is 125 Å². The molecule has 6 rings (SSSR count). The molecule has 2 aliphatic rings. The summed E-state index contributed by atoms with van der Waals surface area (Å²) in [7, 11) is 0. The van der Waals surface area contributed by atoms with Gasteiger partial charge in [-0.05, 0) is 120 Å². The molecule has 4 aromatic carbocycles. The number of ether oxygens (including phenoxy) is 3. The van der Waals surface area contributed by atoms with Gasteiger partial charge in [0.1, 0.15) is 23.7 Å². The van der Waals surface area contributed by atoms with E-state index in [4.69, 9.17) is 14.2 Å². The van der Waals surface area contributed by atoms with Crippen molar-refractivity contribution in [1.82, 2.24) is 0 Å². The molecule has 2 fully saturated rings. The summed E-state index contributed by atoms with van der Waals surface area (Å²) < 4.78 is 19.7. The molecule has 0 aliphatic heterocycles. The largest absolute Gasteiger partial charge is 0.494 e. The van der Waals surface area contributed by atoms with E-state index in [-0.39, 0.29) is 12.2 Å². The molecule has 0 radical (unpaired) electrons. The van der Waals surface area contributed by atoms with Crippen molar-refractivity contribution in [3.63, 3.8) is 0 Å². The highest BCUT2D eigenvalue weighted by Crippen LogP contribution is 2.41. The molecule has 0 amide bonds. The number of hydrogen-bond acceptors (Lipinski definition) is 3. The second kappa shape index (κ2) is 20.2. The molecule has 2 atom stereocenters. The SMILES string of the molecule is CCCCCOc1ccc(C(OC(c2ccc(OCCCCC)cc2)c2ccc(C3CCC(C)CC3)cc2)c2ccc(C3CCC(C)CC3)cc2)cc1. The van der Waals surface area contributed by atoms with Crippen LogP contribution in [0.4, 0.5) is 0 Å². The number of hydrogen-bond donors (Lipinski definition) is 0. The second-order valence-electron chi connectivity index (χ2n) is 16.4. The van der Waals surface area contributed by atoms with Crippen molar-refractivity contribution in [2.45, 2.75) is 142 Å². The van der Waals surface area contributed by atoms with Gasteiger partial charge in [-0.3, -0.25) is 0 Å². The summed E-state index contributed by atoms with van der Waals surface area (Å²) >= 11 is 0. The summed E-state index contributed by atoms with van der Waals surface area (Å²) in [5, 5.41) is 0. The van der Waals surface area contributed by atoms with Crippen molar-refractivity contribution < 1.29 is 14.2 Å². The minimum atomic E-state index is -0.251. The van der Waals surface area contributed by atoms with Gasteiger partial charge >= 0.3 is 0 Å². The lowest BCUT2D eigenvalue weighted by Gasteiger charge is -2.29. The van der Waals surface area contributed by atoms with E-state index >= 15 is 0 Å². The molecule has 0 aromatic heterocycles. The molecule has 284 valence electrons. The molecule has 2 aliphatic carbocycles. The van der Waals surface area contributed by atoms with Crippen LogP contribution in [0, 0.1) is 11.8 Å². The van der Waals surface area contributed by atoms with Crippen molar-refractivity contribution in [2.24, 2.45) is 11.8 Å². The van der Waals surface area contributed by atoms with Gasteiger partial charge in [0.05, 0.1) is 13.2 Å². The molecule has 4 aromatic rings. The summed E-state index contributed by atoms with van der Waals surface area (Å²) in [5.74, 6) is 4.85. The van der Waals surface area contributed by atoms with Crippen LogP contribution in [-0.2, 0) is 4.74 Å². The van der Waals surface area contributed by atoms with Crippen molar-refractivity contribution in [3.05, 3.63) is 130 Å². The van der Waals surface area contributed by atoms with Gasteiger partial charge in [0.15, 0.2) is 0 Å². The lowest BCUT2D eigenvalue weighted by molar-refractivity contribution is 0.0308. The van der Waals surface area contributed by atoms with Crippen LogP contribution >= 0.6 is 0 Å². The molecule has 0 spiro atoms. The molecule has 0 N–H and O–H groups in total. The van der Waals surface area contributed by atoms with Gasteiger partial charge in [-0.2, -0.15) is 0 Å². The topological polar surface area (TPSA) is 27.7 Å². The van der Waals surface area contributed by atoms with Crippen LogP contribution in [-0.4, -0.2) is 13.2 Å². The standard InChI is InChI=1S/C50H66O3/c1-5-7-9-35-51-47-31-27-45(28-32-47)49(43-23-19-41(20-24-43)39-15-11-37(3)12-16-39)53-50(46-29-33-48(34-30-46)52-36-10-8-6-2)44-25-21-42(22-26-44)40-17-13-38(4)14-18-40/h19-34,37-40,49-50H,5-18,35-36H2,1-4H3. The normalized spacial score (nSPS) is 21.5. The highest BCUT2D eigenvalue weighted by Gasteiger charge is 2.26. The minimum Gasteiger partial charge on any atom is -0.494 e. The fourth-order valence-electron chi connectivity index (χ4n) is 8.47. The van der Waals surface area contributed by atoms with Crippen LogP contribution in [0.15, 0.2) is 97.1 Å². The Kier molecular flexibility index (Phi) is 14.9.